The monoisotopic (exact) mass is 209 g/mol. The summed E-state index contributed by atoms with van der Waals surface area (Å²) in [6.45, 7) is 0.684. The van der Waals surface area contributed by atoms with Crippen LogP contribution in [0.5, 0.6) is 0 Å². The number of halogens is 1. The quantitative estimate of drug-likeness (QED) is 0.740. The lowest BCUT2D eigenvalue weighted by Crippen LogP contribution is -2.56. The van der Waals surface area contributed by atoms with Crippen molar-refractivity contribution in [2.75, 3.05) is 13.7 Å². The molecule has 0 aliphatic carbocycles. The Bertz CT molecular complexity index is 381. The molecule has 3 nitrogen and oxygen atoms in total. The molecule has 0 radical (unpaired) electrons. The van der Waals surface area contributed by atoms with Crippen LogP contribution in [0.1, 0.15) is 11.5 Å². The predicted molar refractivity (Wildman–Crippen MR) is 52.9 cm³/mol. The summed E-state index contributed by atoms with van der Waals surface area (Å²) < 4.78 is 17.6. The Hall–Kier alpha value is -1.42. The van der Waals surface area contributed by atoms with E-state index < -0.39 is 0 Å². The van der Waals surface area contributed by atoms with E-state index in [1.807, 2.05) is 6.07 Å². The van der Waals surface area contributed by atoms with Crippen molar-refractivity contribution >= 4 is 5.97 Å². The van der Waals surface area contributed by atoms with Gasteiger partial charge in [0.25, 0.3) is 0 Å². The molecule has 1 fully saturated rings. The third kappa shape index (κ3) is 1.85. The topological polar surface area (TPSA) is 38.3 Å². The van der Waals surface area contributed by atoms with Crippen molar-refractivity contribution in [1.82, 2.24) is 5.32 Å². The van der Waals surface area contributed by atoms with Crippen molar-refractivity contribution < 1.29 is 13.9 Å². The summed E-state index contributed by atoms with van der Waals surface area (Å²) in [5.41, 5.74) is 0.837. The largest absolute Gasteiger partial charge is 0.468 e. The van der Waals surface area contributed by atoms with Gasteiger partial charge >= 0.3 is 5.97 Å². The zero-order chi connectivity index (χ0) is 10.8. The predicted octanol–water partition coefficient (Wildman–Crippen LogP) is 1.05. The van der Waals surface area contributed by atoms with Crippen LogP contribution in [0.25, 0.3) is 0 Å². The van der Waals surface area contributed by atoms with E-state index in [9.17, 15) is 9.18 Å². The van der Waals surface area contributed by atoms with E-state index in [4.69, 9.17) is 0 Å². The Morgan fingerprint density at radius 3 is 2.93 bits per heavy atom. The summed E-state index contributed by atoms with van der Waals surface area (Å²) in [6.07, 6.45) is 0. The van der Waals surface area contributed by atoms with Gasteiger partial charge in [-0.1, -0.05) is 12.1 Å². The van der Waals surface area contributed by atoms with E-state index in [2.05, 4.69) is 10.1 Å². The average Bonchev–Trinajstić information content (AvgIpc) is 2.16. The van der Waals surface area contributed by atoms with Crippen molar-refractivity contribution in [2.45, 2.75) is 12.0 Å². The number of methoxy groups -OCH3 is 1. The third-order valence-corrected chi connectivity index (χ3v) is 2.69. The molecule has 0 aromatic heterocycles. The molecular weight excluding hydrogens is 197 g/mol. The fourth-order valence-corrected chi connectivity index (χ4v) is 1.78. The zero-order valence-corrected chi connectivity index (χ0v) is 8.37. The van der Waals surface area contributed by atoms with Gasteiger partial charge in [0.05, 0.1) is 7.11 Å². The highest BCUT2D eigenvalue weighted by Crippen LogP contribution is 2.27. The van der Waals surface area contributed by atoms with E-state index in [-0.39, 0.29) is 23.7 Å². The lowest BCUT2D eigenvalue weighted by atomic mass is 9.85. The van der Waals surface area contributed by atoms with Gasteiger partial charge in [0.15, 0.2) is 0 Å². The summed E-state index contributed by atoms with van der Waals surface area (Å²) >= 11 is 0. The summed E-state index contributed by atoms with van der Waals surface area (Å²) in [7, 11) is 1.35. The zero-order valence-electron chi connectivity index (χ0n) is 8.37. The van der Waals surface area contributed by atoms with Crippen LogP contribution >= 0.6 is 0 Å². The molecule has 1 N–H and O–H groups in total. The second kappa shape index (κ2) is 3.98. The molecule has 0 amide bonds. The lowest BCUT2D eigenvalue weighted by Gasteiger charge is -2.36. The number of nitrogens with one attached hydrogen (secondary N) is 1. The first-order valence-electron chi connectivity index (χ1n) is 4.79. The maximum atomic E-state index is 13.0. The third-order valence-electron chi connectivity index (χ3n) is 2.69. The molecule has 2 rings (SSSR count). The molecule has 0 saturated carbocycles. The highest BCUT2D eigenvalue weighted by atomic mass is 19.1. The van der Waals surface area contributed by atoms with Crippen LogP contribution in [0.2, 0.25) is 0 Å². The first-order valence-corrected chi connectivity index (χ1v) is 4.79. The average molecular weight is 209 g/mol. The number of carbonyl (C=O) groups excluding carboxylic acids is 1. The van der Waals surface area contributed by atoms with Gasteiger partial charge in [-0.25, -0.2) is 4.39 Å². The maximum absolute atomic E-state index is 13.0. The first-order chi connectivity index (χ1) is 7.22. The van der Waals surface area contributed by atoms with Crippen molar-refractivity contribution in [3.63, 3.8) is 0 Å². The van der Waals surface area contributed by atoms with Crippen LogP contribution in [0.4, 0.5) is 4.39 Å². The van der Waals surface area contributed by atoms with Gasteiger partial charge in [-0.2, -0.15) is 0 Å². The van der Waals surface area contributed by atoms with E-state index >= 15 is 0 Å². The van der Waals surface area contributed by atoms with E-state index in [1.165, 1.54) is 19.2 Å². The minimum atomic E-state index is -0.336. The maximum Gasteiger partial charge on any atom is 0.323 e. The highest BCUT2D eigenvalue weighted by molar-refractivity contribution is 5.78. The van der Waals surface area contributed by atoms with Gasteiger partial charge in [-0.3, -0.25) is 4.79 Å². The molecule has 0 bridgehead atoms. The molecule has 1 aliphatic rings. The molecule has 0 spiro atoms. The second-order valence-corrected chi connectivity index (χ2v) is 3.57. The van der Waals surface area contributed by atoms with Gasteiger partial charge in [0.1, 0.15) is 11.9 Å². The Labute approximate surface area is 87.2 Å². The van der Waals surface area contributed by atoms with Gasteiger partial charge in [-0.15, -0.1) is 0 Å². The SMILES string of the molecule is COC(=O)[C@@H]1NC[C@H]1c1cccc(F)c1. The Morgan fingerprint density at radius 1 is 1.60 bits per heavy atom. The fourth-order valence-electron chi connectivity index (χ4n) is 1.78. The van der Waals surface area contributed by atoms with Gasteiger partial charge in [-0.05, 0) is 17.7 Å². The molecule has 15 heavy (non-hydrogen) atoms. The van der Waals surface area contributed by atoms with Crippen LogP contribution in [0.15, 0.2) is 24.3 Å². The number of rotatable bonds is 2. The molecule has 1 heterocycles. The number of hydrogen-bond donors (Lipinski definition) is 1. The van der Waals surface area contributed by atoms with E-state index in [0.29, 0.717) is 6.54 Å². The Kier molecular flexibility index (Phi) is 2.68. The molecule has 4 heteroatoms. The number of hydrogen-bond acceptors (Lipinski definition) is 3. The molecule has 2 atom stereocenters. The summed E-state index contributed by atoms with van der Waals surface area (Å²) in [5.74, 6) is -0.549. The summed E-state index contributed by atoms with van der Waals surface area (Å²) in [6, 6.07) is 5.99. The van der Waals surface area contributed by atoms with Crippen LogP contribution < -0.4 is 5.32 Å². The normalized spacial score (nSPS) is 24.4. The smallest absolute Gasteiger partial charge is 0.323 e. The van der Waals surface area contributed by atoms with Crippen LogP contribution in [0.3, 0.4) is 0 Å². The summed E-state index contributed by atoms with van der Waals surface area (Å²) in [5, 5.41) is 2.97. The standard InChI is InChI=1S/C11H12FNO2/c1-15-11(14)10-9(6-13-10)7-3-2-4-8(12)5-7/h2-5,9-10,13H,6H2,1H3/t9-,10+/m0/s1. The number of carbonyl (C=O) groups is 1. The molecule has 1 aromatic rings. The van der Waals surface area contributed by atoms with Crippen LogP contribution in [0, 0.1) is 5.82 Å². The molecule has 80 valence electrons. The fraction of sp³-hybridized carbons (Fsp3) is 0.364. The van der Waals surface area contributed by atoms with Crippen LogP contribution in [-0.2, 0) is 9.53 Å². The Balaban J connectivity index is 2.15. The van der Waals surface area contributed by atoms with Crippen molar-refractivity contribution in [2.24, 2.45) is 0 Å². The number of benzene rings is 1. The lowest BCUT2D eigenvalue weighted by molar-refractivity contribution is -0.145. The molecule has 0 unspecified atom stereocenters. The molecule has 1 saturated heterocycles. The Morgan fingerprint density at radius 2 is 2.40 bits per heavy atom. The molecular formula is C11H12FNO2. The first kappa shape index (κ1) is 10.1. The number of esters is 1. The molecule has 1 aliphatic heterocycles. The molecule has 1 aromatic carbocycles. The summed E-state index contributed by atoms with van der Waals surface area (Å²) in [4.78, 5) is 11.3. The minimum absolute atomic E-state index is 0.0214. The van der Waals surface area contributed by atoms with Crippen LogP contribution in [-0.4, -0.2) is 25.7 Å². The van der Waals surface area contributed by atoms with Crippen molar-refractivity contribution in [1.29, 1.82) is 0 Å². The highest BCUT2D eigenvalue weighted by Gasteiger charge is 2.37. The van der Waals surface area contributed by atoms with Gasteiger partial charge in [0, 0.05) is 12.5 Å². The van der Waals surface area contributed by atoms with Gasteiger partial charge < -0.3 is 10.1 Å². The minimum Gasteiger partial charge on any atom is -0.468 e. The number of ether oxygens (including phenoxy) is 1. The van der Waals surface area contributed by atoms with Gasteiger partial charge in [0.2, 0.25) is 0 Å². The van der Waals surface area contributed by atoms with Crippen molar-refractivity contribution in [3.05, 3.63) is 35.6 Å². The van der Waals surface area contributed by atoms with Crippen molar-refractivity contribution in [3.8, 4) is 0 Å². The van der Waals surface area contributed by atoms with E-state index in [1.54, 1.807) is 6.07 Å². The second-order valence-electron chi connectivity index (χ2n) is 3.57. The van der Waals surface area contributed by atoms with E-state index in [0.717, 1.165) is 5.56 Å².